The van der Waals surface area contributed by atoms with Gasteiger partial charge in [0, 0.05) is 6.08 Å². The van der Waals surface area contributed by atoms with E-state index in [1.54, 1.807) is 24.3 Å². The predicted molar refractivity (Wildman–Crippen MR) is 74.1 cm³/mol. The second-order valence-corrected chi connectivity index (χ2v) is 3.82. The lowest BCUT2D eigenvalue weighted by Crippen LogP contribution is -2.04. The van der Waals surface area contributed by atoms with Gasteiger partial charge in [0.2, 0.25) is 0 Å². The minimum absolute atomic E-state index is 0.410. The fourth-order valence-electron chi connectivity index (χ4n) is 1.57. The van der Waals surface area contributed by atoms with Crippen LogP contribution in [0.15, 0.2) is 60.7 Å². The minimum atomic E-state index is -0.437. The van der Waals surface area contributed by atoms with Crippen LogP contribution in [0.2, 0.25) is 0 Å². The maximum Gasteiger partial charge on any atom is 0.336 e. The highest BCUT2D eigenvalue weighted by Gasteiger charge is 2.06. The molecule has 0 atom stereocenters. The van der Waals surface area contributed by atoms with Crippen molar-refractivity contribution in [2.45, 2.75) is 0 Å². The summed E-state index contributed by atoms with van der Waals surface area (Å²) in [6.07, 6.45) is 3.10. The van der Waals surface area contributed by atoms with Gasteiger partial charge in [-0.15, -0.1) is 0 Å². The van der Waals surface area contributed by atoms with Gasteiger partial charge in [-0.3, -0.25) is 0 Å². The fraction of sp³-hybridized carbons (Fsp3) is 0.0625. The van der Waals surface area contributed by atoms with Gasteiger partial charge in [-0.05, 0) is 23.8 Å². The zero-order valence-electron chi connectivity index (χ0n) is 10.6. The number of carbonyl (C=O) groups is 1. The normalized spacial score (nSPS) is 10.4. The molecule has 2 aromatic carbocycles. The molecule has 0 spiro atoms. The zero-order valence-corrected chi connectivity index (χ0v) is 10.6. The number of methoxy groups -OCH3 is 1. The summed E-state index contributed by atoms with van der Waals surface area (Å²) in [5.74, 6) is 0.505. The third-order valence-corrected chi connectivity index (χ3v) is 2.49. The van der Waals surface area contributed by atoms with E-state index in [1.807, 2.05) is 36.4 Å². The molecule has 96 valence electrons. The first-order chi connectivity index (χ1) is 9.29. The van der Waals surface area contributed by atoms with E-state index in [1.165, 1.54) is 13.2 Å². The molecular formula is C16H14O3. The molecule has 3 heteroatoms. The van der Waals surface area contributed by atoms with Crippen molar-refractivity contribution in [3.63, 3.8) is 0 Å². The number of ether oxygens (including phenoxy) is 2. The third kappa shape index (κ3) is 3.71. The van der Waals surface area contributed by atoms with Gasteiger partial charge in [0.05, 0.1) is 7.11 Å². The lowest BCUT2D eigenvalue weighted by molar-refractivity contribution is -0.129. The summed E-state index contributed by atoms with van der Waals surface area (Å²) in [5, 5.41) is 0. The first kappa shape index (κ1) is 12.9. The fourth-order valence-corrected chi connectivity index (χ4v) is 1.57. The van der Waals surface area contributed by atoms with E-state index in [0.29, 0.717) is 11.5 Å². The molecule has 0 saturated heterocycles. The summed E-state index contributed by atoms with van der Waals surface area (Å²) in [6, 6.07) is 16.6. The molecule has 0 aliphatic carbocycles. The van der Waals surface area contributed by atoms with Crippen LogP contribution in [-0.2, 0) is 4.79 Å². The maximum absolute atomic E-state index is 11.7. The number of rotatable bonds is 4. The van der Waals surface area contributed by atoms with E-state index in [2.05, 4.69) is 0 Å². The Bertz CT molecular complexity index is 574. The van der Waals surface area contributed by atoms with Crippen LogP contribution in [0, 0.1) is 0 Å². The van der Waals surface area contributed by atoms with E-state index in [0.717, 1.165) is 5.56 Å². The van der Waals surface area contributed by atoms with E-state index < -0.39 is 5.97 Å². The number of benzene rings is 2. The Kier molecular flexibility index (Phi) is 4.34. The molecule has 2 aromatic rings. The highest BCUT2D eigenvalue weighted by Crippen LogP contribution is 2.25. The SMILES string of the molecule is COc1ccccc1OC(=O)/C=C/c1ccccc1. The summed E-state index contributed by atoms with van der Waals surface area (Å²) in [7, 11) is 1.53. The van der Waals surface area contributed by atoms with Gasteiger partial charge < -0.3 is 9.47 Å². The Morgan fingerprint density at radius 3 is 2.26 bits per heavy atom. The Balaban J connectivity index is 2.04. The summed E-state index contributed by atoms with van der Waals surface area (Å²) < 4.78 is 10.3. The molecule has 19 heavy (non-hydrogen) atoms. The second kappa shape index (κ2) is 6.40. The monoisotopic (exact) mass is 254 g/mol. The molecule has 0 bridgehead atoms. The van der Waals surface area contributed by atoms with Crippen molar-refractivity contribution in [1.29, 1.82) is 0 Å². The molecule has 0 unspecified atom stereocenters. The Morgan fingerprint density at radius 2 is 1.58 bits per heavy atom. The van der Waals surface area contributed by atoms with E-state index >= 15 is 0 Å². The average molecular weight is 254 g/mol. The molecule has 0 saturated carbocycles. The predicted octanol–water partition coefficient (Wildman–Crippen LogP) is 3.31. The van der Waals surface area contributed by atoms with Crippen molar-refractivity contribution in [3.8, 4) is 11.5 Å². The molecule has 0 radical (unpaired) electrons. The first-order valence-electron chi connectivity index (χ1n) is 5.87. The Hall–Kier alpha value is -2.55. The second-order valence-electron chi connectivity index (χ2n) is 3.82. The number of esters is 1. The van der Waals surface area contributed by atoms with Gasteiger partial charge in [-0.1, -0.05) is 42.5 Å². The number of hydrogen-bond acceptors (Lipinski definition) is 3. The third-order valence-electron chi connectivity index (χ3n) is 2.49. The topological polar surface area (TPSA) is 35.5 Å². The van der Waals surface area contributed by atoms with Crippen LogP contribution < -0.4 is 9.47 Å². The van der Waals surface area contributed by atoms with Crippen molar-refractivity contribution in [1.82, 2.24) is 0 Å². The summed E-state index contributed by atoms with van der Waals surface area (Å²) in [5.41, 5.74) is 0.944. The minimum Gasteiger partial charge on any atom is -0.493 e. The van der Waals surface area contributed by atoms with Crippen LogP contribution in [0.25, 0.3) is 6.08 Å². The quantitative estimate of drug-likeness (QED) is 0.477. The Labute approximate surface area is 112 Å². The van der Waals surface area contributed by atoms with Crippen LogP contribution in [-0.4, -0.2) is 13.1 Å². The van der Waals surface area contributed by atoms with E-state index in [9.17, 15) is 4.79 Å². The van der Waals surface area contributed by atoms with Gasteiger partial charge in [0.25, 0.3) is 0 Å². The van der Waals surface area contributed by atoms with E-state index in [-0.39, 0.29) is 0 Å². The van der Waals surface area contributed by atoms with Crippen molar-refractivity contribution >= 4 is 12.0 Å². The Morgan fingerprint density at radius 1 is 0.947 bits per heavy atom. The highest BCUT2D eigenvalue weighted by molar-refractivity contribution is 5.89. The number of carbonyl (C=O) groups excluding carboxylic acids is 1. The molecule has 0 aliphatic heterocycles. The lowest BCUT2D eigenvalue weighted by Gasteiger charge is -2.06. The summed E-state index contributed by atoms with van der Waals surface area (Å²) in [4.78, 5) is 11.7. The van der Waals surface area contributed by atoms with E-state index in [4.69, 9.17) is 9.47 Å². The molecule has 0 aliphatic rings. The maximum atomic E-state index is 11.7. The molecule has 0 amide bonds. The van der Waals surface area contributed by atoms with Crippen LogP contribution in [0.1, 0.15) is 5.56 Å². The lowest BCUT2D eigenvalue weighted by atomic mass is 10.2. The van der Waals surface area contributed by atoms with Crippen molar-refractivity contribution in [2.75, 3.05) is 7.11 Å². The highest BCUT2D eigenvalue weighted by atomic mass is 16.6. The number of para-hydroxylation sites is 2. The van der Waals surface area contributed by atoms with Crippen LogP contribution >= 0.6 is 0 Å². The largest absolute Gasteiger partial charge is 0.493 e. The van der Waals surface area contributed by atoms with Gasteiger partial charge >= 0.3 is 5.97 Å². The van der Waals surface area contributed by atoms with Crippen LogP contribution in [0.4, 0.5) is 0 Å². The molecule has 3 nitrogen and oxygen atoms in total. The van der Waals surface area contributed by atoms with Crippen molar-refractivity contribution in [2.24, 2.45) is 0 Å². The molecule has 0 aromatic heterocycles. The van der Waals surface area contributed by atoms with Crippen molar-refractivity contribution < 1.29 is 14.3 Å². The summed E-state index contributed by atoms with van der Waals surface area (Å²) in [6.45, 7) is 0. The molecule has 0 N–H and O–H groups in total. The summed E-state index contributed by atoms with van der Waals surface area (Å²) >= 11 is 0. The van der Waals surface area contributed by atoms with Crippen molar-refractivity contribution in [3.05, 3.63) is 66.2 Å². The van der Waals surface area contributed by atoms with Gasteiger partial charge in [-0.2, -0.15) is 0 Å². The molecule has 0 heterocycles. The first-order valence-corrected chi connectivity index (χ1v) is 5.87. The standard InChI is InChI=1S/C16H14O3/c1-18-14-9-5-6-10-15(14)19-16(17)12-11-13-7-3-2-4-8-13/h2-12H,1H3/b12-11+. The molecule has 0 fully saturated rings. The average Bonchev–Trinajstić information content (AvgIpc) is 2.47. The number of hydrogen-bond donors (Lipinski definition) is 0. The molecular weight excluding hydrogens is 240 g/mol. The van der Waals surface area contributed by atoms with Crippen LogP contribution in [0.5, 0.6) is 11.5 Å². The van der Waals surface area contributed by atoms with Crippen LogP contribution in [0.3, 0.4) is 0 Å². The van der Waals surface area contributed by atoms with Gasteiger partial charge in [-0.25, -0.2) is 4.79 Å². The van der Waals surface area contributed by atoms with Gasteiger partial charge in [0.1, 0.15) is 0 Å². The molecule has 2 rings (SSSR count). The van der Waals surface area contributed by atoms with Gasteiger partial charge in [0.15, 0.2) is 11.5 Å². The zero-order chi connectivity index (χ0) is 13.5. The smallest absolute Gasteiger partial charge is 0.336 e.